The van der Waals surface area contributed by atoms with Crippen molar-refractivity contribution in [3.8, 4) is 17.0 Å². The lowest BCUT2D eigenvalue weighted by atomic mass is 9.97. The lowest BCUT2D eigenvalue weighted by Gasteiger charge is -2.35. The first-order valence-corrected chi connectivity index (χ1v) is 14.1. The van der Waals surface area contributed by atoms with Gasteiger partial charge in [0, 0.05) is 41.9 Å². The minimum atomic E-state index is -1.63. The molecule has 2 aliphatic heterocycles. The summed E-state index contributed by atoms with van der Waals surface area (Å²) in [4.78, 5) is 47.4. The molecule has 1 aromatic carbocycles. The number of nitrogens with zero attached hydrogens (tertiary/aromatic N) is 4. The van der Waals surface area contributed by atoms with E-state index >= 15 is 4.39 Å². The van der Waals surface area contributed by atoms with Crippen molar-refractivity contribution in [3.05, 3.63) is 40.9 Å². The Bertz CT molecular complexity index is 1650. The summed E-state index contributed by atoms with van der Waals surface area (Å²) in [6.45, 7) is 6.82. The molecule has 0 unspecified atom stereocenters. The van der Waals surface area contributed by atoms with Gasteiger partial charge in [-0.15, -0.1) is 0 Å². The maximum Gasteiger partial charge on any atom is 0.413 e. The van der Waals surface area contributed by atoms with Crippen LogP contribution in [0.1, 0.15) is 32.8 Å². The van der Waals surface area contributed by atoms with E-state index in [2.05, 4.69) is 15.3 Å². The Balaban J connectivity index is 1.34. The van der Waals surface area contributed by atoms with E-state index in [-0.39, 0.29) is 66.0 Å². The quantitative estimate of drug-likeness (QED) is 0.346. The van der Waals surface area contributed by atoms with Gasteiger partial charge in [0.1, 0.15) is 35.6 Å². The summed E-state index contributed by atoms with van der Waals surface area (Å²) in [5, 5.41) is 12.5. The first-order valence-electron chi connectivity index (χ1n) is 13.7. The number of hydrogen-bond acceptors (Lipinski definition) is 8. The van der Waals surface area contributed by atoms with Gasteiger partial charge in [0.15, 0.2) is 6.17 Å². The number of nitrogens with one attached hydrogen (secondary N) is 1. The van der Waals surface area contributed by atoms with Crippen molar-refractivity contribution in [2.24, 2.45) is 0 Å². The van der Waals surface area contributed by atoms with E-state index in [1.807, 2.05) is 0 Å². The third-order valence-corrected chi connectivity index (χ3v) is 7.51. The van der Waals surface area contributed by atoms with Crippen LogP contribution in [0.3, 0.4) is 0 Å². The molecule has 0 aliphatic carbocycles. The van der Waals surface area contributed by atoms with Crippen molar-refractivity contribution in [3.63, 3.8) is 0 Å². The third kappa shape index (κ3) is 6.25. The number of piperidine rings is 1. The number of carbonyl (C=O) groups is 3. The van der Waals surface area contributed by atoms with Crippen molar-refractivity contribution in [1.29, 1.82) is 0 Å². The Labute approximate surface area is 255 Å². The number of anilines is 2. The van der Waals surface area contributed by atoms with E-state index in [4.69, 9.17) is 25.8 Å². The number of ether oxygens (including phenoxy) is 3. The molecule has 0 radical (unpaired) electrons. The van der Waals surface area contributed by atoms with Crippen molar-refractivity contribution < 1.29 is 42.5 Å². The van der Waals surface area contributed by atoms with Crippen molar-refractivity contribution in [2.75, 3.05) is 36.5 Å². The Morgan fingerprint density at radius 3 is 2.59 bits per heavy atom. The third-order valence-electron chi connectivity index (χ3n) is 7.14. The zero-order chi connectivity index (χ0) is 31.9. The number of likely N-dealkylation sites (tertiary alicyclic amines) is 1. The van der Waals surface area contributed by atoms with Crippen LogP contribution in [0.4, 0.5) is 34.7 Å². The number of fused-ring (bicyclic) bond motifs is 2. The Hall–Kier alpha value is -4.46. The first kappa shape index (κ1) is 31.0. The molecule has 3 aromatic rings. The second-order valence-corrected chi connectivity index (χ2v) is 11.8. The summed E-state index contributed by atoms with van der Waals surface area (Å²) < 4.78 is 46.4. The summed E-state index contributed by atoms with van der Waals surface area (Å²) in [5.74, 6) is -0.618. The molecular weight excluding hydrogens is 604 g/mol. The van der Waals surface area contributed by atoms with Gasteiger partial charge < -0.3 is 24.2 Å². The van der Waals surface area contributed by atoms with Crippen LogP contribution in [0, 0.1) is 12.7 Å². The highest BCUT2D eigenvalue weighted by atomic mass is 35.5. The second kappa shape index (κ2) is 11.9. The molecule has 5 rings (SSSR count). The van der Waals surface area contributed by atoms with Crippen LogP contribution in [-0.2, 0) is 9.47 Å². The fourth-order valence-corrected chi connectivity index (χ4v) is 5.33. The van der Waals surface area contributed by atoms with Crippen LogP contribution in [0.25, 0.3) is 21.9 Å². The van der Waals surface area contributed by atoms with Gasteiger partial charge >= 0.3 is 18.3 Å². The average molecular weight is 634 g/mol. The maximum atomic E-state index is 15.5. The van der Waals surface area contributed by atoms with Gasteiger partial charge in [0.2, 0.25) is 5.88 Å². The standard InChI is InChI=1S/C29H30ClF2N5O7/c1-14-17(11-34-25-24(14)37(27(39)40)7-8-42-25)16-9-15-10-21(33-12-18(15)22(30)23(16)32)35-26(38)43-20-5-6-36(13-19(20)31)28(41)44-29(2,3)4/h9-12,19-20H,5-8,13H2,1-4H3,(H,39,40)(H,33,35,38)/t19-,20+/m0/s1. The lowest BCUT2D eigenvalue weighted by Crippen LogP contribution is -2.50. The van der Waals surface area contributed by atoms with Gasteiger partial charge in [0.25, 0.3) is 0 Å². The highest BCUT2D eigenvalue weighted by Gasteiger charge is 2.36. The molecule has 1 fully saturated rings. The van der Waals surface area contributed by atoms with E-state index in [0.717, 1.165) is 4.90 Å². The molecule has 0 bridgehead atoms. The molecule has 2 aromatic heterocycles. The van der Waals surface area contributed by atoms with E-state index in [0.29, 0.717) is 16.5 Å². The molecular formula is C29H30ClF2N5O7. The number of hydrogen-bond donors (Lipinski definition) is 2. The van der Waals surface area contributed by atoms with Crippen LogP contribution in [0.5, 0.6) is 5.88 Å². The number of rotatable bonds is 3. The molecule has 2 N–H and O–H groups in total. The van der Waals surface area contributed by atoms with E-state index in [1.54, 1.807) is 27.7 Å². The van der Waals surface area contributed by atoms with Gasteiger partial charge in [-0.3, -0.25) is 10.2 Å². The Morgan fingerprint density at radius 1 is 1.16 bits per heavy atom. The SMILES string of the molecule is Cc1c(-c2cc3cc(NC(=O)O[C@@H]4CCN(C(=O)OC(C)(C)C)C[C@@H]4F)ncc3c(Cl)c2F)cnc2c1N(C(=O)O)CCO2. The topological polar surface area (TPSA) is 143 Å². The summed E-state index contributed by atoms with van der Waals surface area (Å²) in [6.07, 6.45) is -2.83. The summed E-state index contributed by atoms with van der Waals surface area (Å²) in [5.41, 5.74) is 0.231. The van der Waals surface area contributed by atoms with Crippen molar-refractivity contribution in [1.82, 2.24) is 14.9 Å². The molecule has 2 atom stereocenters. The van der Waals surface area contributed by atoms with Crippen LogP contribution < -0.4 is 15.0 Å². The number of pyridine rings is 2. The fourth-order valence-electron chi connectivity index (χ4n) is 5.07. The predicted octanol–water partition coefficient (Wildman–Crippen LogP) is 6.17. The minimum absolute atomic E-state index is 0.0310. The highest BCUT2D eigenvalue weighted by Crippen LogP contribution is 2.42. The largest absolute Gasteiger partial charge is 0.474 e. The zero-order valence-electron chi connectivity index (χ0n) is 24.3. The van der Waals surface area contributed by atoms with E-state index in [9.17, 15) is 23.9 Å². The molecule has 0 saturated carbocycles. The Kier molecular flexibility index (Phi) is 8.38. The molecule has 44 heavy (non-hydrogen) atoms. The average Bonchev–Trinajstić information content (AvgIpc) is 2.95. The van der Waals surface area contributed by atoms with Gasteiger partial charge in [0.05, 0.1) is 18.1 Å². The molecule has 4 heterocycles. The van der Waals surface area contributed by atoms with Crippen LogP contribution >= 0.6 is 11.6 Å². The first-order chi connectivity index (χ1) is 20.7. The number of halogens is 3. The van der Waals surface area contributed by atoms with Gasteiger partial charge in [-0.2, -0.15) is 0 Å². The molecule has 12 nitrogen and oxygen atoms in total. The van der Waals surface area contributed by atoms with Gasteiger partial charge in [-0.25, -0.2) is 33.1 Å². The number of amides is 3. The number of aromatic nitrogens is 2. The molecule has 2 aliphatic rings. The predicted molar refractivity (Wildman–Crippen MR) is 157 cm³/mol. The normalized spacial score (nSPS) is 18.3. The number of carbonyl (C=O) groups excluding carboxylic acids is 2. The zero-order valence-corrected chi connectivity index (χ0v) is 25.1. The van der Waals surface area contributed by atoms with Crippen LogP contribution in [-0.4, -0.2) is 82.4 Å². The van der Waals surface area contributed by atoms with Gasteiger partial charge in [-0.05, 0) is 50.8 Å². The molecule has 0 spiro atoms. The monoisotopic (exact) mass is 633 g/mol. The smallest absolute Gasteiger partial charge is 0.413 e. The highest BCUT2D eigenvalue weighted by molar-refractivity contribution is 6.36. The second-order valence-electron chi connectivity index (χ2n) is 11.4. The molecule has 3 amide bonds. The number of carboxylic acid groups (broad SMARTS) is 1. The fraction of sp³-hybridized carbons (Fsp3) is 0.414. The molecule has 234 valence electrons. The van der Waals surface area contributed by atoms with E-state index < -0.39 is 42.0 Å². The summed E-state index contributed by atoms with van der Waals surface area (Å²) >= 11 is 6.37. The lowest BCUT2D eigenvalue weighted by molar-refractivity contribution is -0.0212. The minimum Gasteiger partial charge on any atom is -0.474 e. The molecule has 1 saturated heterocycles. The number of alkyl halides is 1. The summed E-state index contributed by atoms with van der Waals surface area (Å²) in [7, 11) is 0. The van der Waals surface area contributed by atoms with Gasteiger partial charge in [-0.1, -0.05) is 11.6 Å². The van der Waals surface area contributed by atoms with Crippen LogP contribution in [0.15, 0.2) is 24.5 Å². The maximum absolute atomic E-state index is 15.5. The molecule has 15 heteroatoms. The summed E-state index contributed by atoms with van der Waals surface area (Å²) in [6, 6.07) is 2.92. The van der Waals surface area contributed by atoms with Crippen molar-refractivity contribution >= 4 is 52.2 Å². The van der Waals surface area contributed by atoms with E-state index in [1.165, 1.54) is 29.4 Å². The number of benzene rings is 1. The van der Waals surface area contributed by atoms with Crippen LogP contribution in [0.2, 0.25) is 5.02 Å². The Morgan fingerprint density at radius 2 is 1.91 bits per heavy atom. The van der Waals surface area contributed by atoms with Crippen molar-refractivity contribution in [2.45, 2.75) is 52.0 Å².